The molecule has 0 fully saturated rings. The maximum atomic E-state index is 11.8. The number of fused-ring (bicyclic) bond motifs is 1. The number of thiophene rings is 1. The maximum Gasteiger partial charge on any atom is 0.271 e. The maximum absolute atomic E-state index is 11.8. The lowest BCUT2D eigenvalue weighted by Crippen LogP contribution is -2.31. The van der Waals surface area contributed by atoms with Crippen molar-refractivity contribution in [1.82, 2.24) is 9.55 Å². The van der Waals surface area contributed by atoms with Crippen LogP contribution in [0.1, 0.15) is 0 Å². The molecule has 5 nitrogen and oxygen atoms in total. The van der Waals surface area contributed by atoms with Crippen LogP contribution >= 0.6 is 11.3 Å². The Balaban J connectivity index is 2.44. The van der Waals surface area contributed by atoms with Gasteiger partial charge in [-0.1, -0.05) is 0 Å². The smallest absolute Gasteiger partial charge is 0.271 e. The molecule has 15 heavy (non-hydrogen) atoms. The molecule has 2 heterocycles. The van der Waals surface area contributed by atoms with Crippen LogP contribution in [0.5, 0.6) is 0 Å². The highest BCUT2D eigenvalue weighted by molar-refractivity contribution is 7.17. The minimum Gasteiger partial charge on any atom is -0.390 e. The number of aromatic nitrogens is 2. The lowest BCUT2D eigenvalue weighted by Gasteiger charge is -2.09. The zero-order valence-electron chi connectivity index (χ0n) is 7.96. The van der Waals surface area contributed by atoms with Crippen LogP contribution in [-0.4, -0.2) is 27.3 Å². The first-order valence-corrected chi connectivity index (χ1v) is 5.41. The van der Waals surface area contributed by atoms with Crippen LogP contribution in [0.4, 0.5) is 0 Å². The Morgan fingerprint density at radius 3 is 3.20 bits per heavy atom. The molecule has 0 spiro atoms. The molecular formula is C9H11N3O2S. The van der Waals surface area contributed by atoms with Crippen molar-refractivity contribution < 1.29 is 5.11 Å². The number of hydrogen-bond donors (Lipinski definition) is 2. The number of rotatable bonds is 3. The first kappa shape index (κ1) is 10.3. The first-order chi connectivity index (χ1) is 7.22. The zero-order chi connectivity index (χ0) is 10.8. The SMILES string of the molecule is NCC(O)Cn1cnc2ccsc2c1=O. The van der Waals surface area contributed by atoms with E-state index in [0.717, 1.165) is 0 Å². The molecule has 0 aliphatic heterocycles. The predicted molar refractivity (Wildman–Crippen MR) is 58.9 cm³/mol. The lowest BCUT2D eigenvalue weighted by molar-refractivity contribution is 0.160. The summed E-state index contributed by atoms with van der Waals surface area (Å²) < 4.78 is 2.00. The Morgan fingerprint density at radius 2 is 2.47 bits per heavy atom. The average Bonchev–Trinajstić information content (AvgIpc) is 2.70. The molecule has 0 saturated carbocycles. The fraction of sp³-hybridized carbons (Fsp3) is 0.333. The second kappa shape index (κ2) is 4.09. The summed E-state index contributed by atoms with van der Waals surface area (Å²) in [5, 5.41) is 11.2. The summed E-state index contributed by atoms with van der Waals surface area (Å²) in [5.41, 5.74) is 5.85. The van der Waals surface area contributed by atoms with Gasteiger partial charge in [0.05, 0.1) is 24.5 Å². The molecule has 80 valence electrons. The van der Waals surface area contributed by atoms with Gasteiger partial charge in [0.25, 0.3) is 5.56 Å². The third kappa shape index (κ3) is 1.92. The van der Waals surface area contributed by atoms with Gasteiger partial charge in [0.15, 0.2) is 0 Å². The molecule has 3 N–H and O–H groups in total. The number of nitrogens with two attached hydrogens (primary N) is 1. The lowest BCUT2D eigenvalue weighted by atomic mass is 10.3. The fourth-order valence-electron chi connectivity index (χ4n) is 1.31. The van der Waals surface area contributed by atoms with E-state index < -0.39 is 6.10 Å². The third-order valence-corrected chi connectivity index (χ3v) is 3.01. The van der Waals surface area contributed by atoms with E-state index in [1.54, 1.807) is 6.07 Å². The highest BCUT2D eigenvalue weighted by Crippen LogP contribution is 2.13. The van der Waals surface area contributed by atoms with Gasteiger partial charge in [0.2, 0.25) is 0 Å². The van der Waals surface area contributed by atoms with E-state index in [-0.39, 0.29) is 18.6 Å². The van der Waals surface area contributed by atoms with Crippen molar-refractivity contribution in [3.05, 3.63) is 28.1 Å². The minimum absolute atomic E-state index is 0.123. The molecule has 2 aromatic heterocycles. The molecule has 0 saturated heterocycles. The van der Waals surface area contributed by atoms with Gasteiger partial charge < -0.3 is 10.8 Å². The molecule has 2 rings (SSSR count). The summed E-state index contributed by atoms with van der Waals surface area (Å²) in [6.45, 7) is 0.324. The van der Waals surface area contributed by atoms with Crippen LogP contribution in [0.3, 0.4) is 0 Å². The van der Waals surface area contributed by atoms with E-state index in [0.29, 0.717) is 10.2 Å². The van der Waals surface area contributed by atoms with Crippen LogP contribution < -0.4 is 11.3 Å². The van der Waals surface area contributed by atoms with Gasteiger partial charge in [0, 0.05) is 6.54 Å². The molecule has 1 unspecified atom stereocenters. The molecular weight excluding hydrogens is 214 g/mol. The second-order valence-corrected chi connectivity index (χ2v) is 4.14. The number of aliphatic hydroxyl groups excluding tert-OH is 1. The molecule has 0 radical (unpaired) electrons. The minimum atomic E-state index is -0.707. The van der Waals surface area contributed by atoms with Crippen LogP contribution in [0.2, 0.25) is 0 Å². The van der Waals surface area contributed by atoms with Crippen LogP contribution in [0.15, 0.2) is 22.6 Å². The van der Waals surface area contributed by atoms with Gasteiger partial charge in [-0.15, -0.1) is 11.3 Å². The summed E-state index contributed by atoms with van der Waals surface area (Å²) in [5.74, 6) is 0. The third-order valence-electron chi connectivity index (χ3n) is 2.12. The molecule has 2 aromatic rings. The van der Waals surface area contributed by atoms with Gasteiger partial charge in [-0.25, -0.2) is 4.98 Å². The zero-order valence-corrected chi connectivity index (χ0v) is 8.78. The highest BCUT2D eigenvalue weighted by Gasteiger charge is 2.08. The molecule has 0 amide bonds. The monoisotopic (exact) mass is 225 g/mol. The van der Waals surface area contributed by atoms with Crippen molar-refractivity contribution in [3.8, 4) is 0 Å². The van der Waals surface area contributed by atoms with Crippen molar-refractivity contribution in [2.75, 3.05) is 6.54 Å². The molecule has 0 bridgehead atoms. The summed E-state index contributed by atoms with van der Waals surface area (Å²) in [7, 11) is 0. The normalized spacial score (nSPS) is 13.2. The topological polar surface area (TPSA) is 81.1 Å². The summed E-state index contributed by atoms with van der Waals surface area (Å²) in [6, 6.07) is 1.80. The molecule has 1 atom stereocenters. The van der Waals surface area contributed by atoms with E-state index >= 15 is 0 Å². The highest BCUT2D eigenvalue weighted by atomic mass is 32.1. The first-order valence-electron chi connectivity index (χ1n) is 4.53. The number of nitrogens with zero attached hydrogens (tertiary/aromatic N) is 2. The van der Waals surface area contributed by atoms with Gasteiger partial charge in [-0.2, -0.15) is 0 Å². The van der Waals surface area contributed by atoms with Crippen LogP contribution in [0.25, 0.3) is 10.2 Å². The molecule has 0 aromatic carbocycles. The van der Waals surface area contributed by atoms with E-state index in [1.807, 2.05) is 5.38 Å². The van der Waals surface area contributed by atoms with E-state index in [9.17, 15) is 9.90 Å². The summed E-state index contributed by atoms with van der Waals surface area (Å²) in [4.78, 5) is 15.9. The van der Waals surface area contributed by atoms with Gasteiger partial charge in [0.1, 0.15) is 4.70 Å². The van der Waals surface area contributed by atoms with Crippen molar-refractivity contribution in [2.24, 2.45) is 5.73 Å². The predicted octanol–water partition coefficient (Wildman–Crippen LogP) is -0.222. The Morgan fingerprint density at radius 1 is 1.67 bits per heavy atom. The largest absolute Gasteiger partial charge is 0.390 e. The Kier molecular flexibility index (Phi) is 2.81. The molecule has 0 aliphatic rings. The Hall–Kier alpha value is -1.24. The molecule has 0 aliphatic carbocycles. The van der Waals surface area contributed by atoms with Crippen molar-refractivity contribution >= 4 is 21.6 Å². The second-order valence-electron chi connectivity index (χ2n) is 3.23. The standard InChI is InChI=1S/C9H11N3O2S/c10-3-6(13)4-12-5-11-7-1-2-15-8(7)9(12)14/h1-2,5-6,13H,3-4,10H2. The van der Waals surface area contributed by atoms with E-state index in [2.05, 4.69) is 4.98 Å². The molecule has 6 heteroatoms. The Bertz CT molecular complexity index is 519. The van der Waals surface area contributed by atoms with E-state index in [4.69, 9.17) is 5.73 Å². The van der Waals surface area contributed by atoms with Crippen molar-refractivity contribution in [3.63, 3.8) is 0 Å². The van der Waals surface area contributed by atoms with Crippen LogP contribution in [0, 0.1) is 0 Å². The number of aliphatic hydroxyl groups is 1. The quantitative estimate of drug-likeness (QED) is 0.756. The van der Waals surface area contributed by atoms with Gasteiger partial charge in [-0.05, 0) is 11.4 Å². The summed E-state index contributed by atoms with van der Waals surface area (Å²) >= 11 is 1.35. The van der Waals surface area contributed by atoms with Gasteiger partial charge >= 0.3 is 0 Å². The number of hydrogen-bond acceptors (Lipinski definition) is 5. The Labute approximate surface area is 89.8 Å². The van der Waals surface area contributed by atoms with Crippen LogP contribution in [-0.2, 0) is 6.54 Å². The van der Waals surface area contributed by atoms with Gasteiger partial charge in [-0.3, -0.25) is 9.36 Å². The van der Waals surface area contributed by atoms with E-state index in [1.165, 1.54) is 22.2 Å². The van der Waals surface area contributed by atoms with Crippen molar-refractivity contribution in [2.45, 2.75) is 12.6 Å². The van der Waals surface area contributed by atoms with Crippen molar-refractivity contribution in [1.29, 1.82) is 0 Å². The fourth-order valence-corrected chi connectivity index (χ4v) is 2.10. The summed E-state index contributed by atoms with van der Waals surface area (Å²) in [6.07, 6.45) is 0.734. The average molecular weight is 225 g/mol.